The van der Waals surface area contributed by atoms with Gasteiger partial charge < -0.3 is 9.47 Å². The summed E-state index contributed by atoms with van der Waals surface area (Å²) in [4.78, 5) is 0. The first-order valence-corrected chi connectivity index (χ1v) is 7.19. The van der Waals surface area contributed by atoms with Crippen molar-refractivity contribution in [3.05, 3.63) is 12.7 Å². The van der Waals surface area contributed by atoms with Crippen LogP contribution < -0.4 is 0 Å². The van der Waals surface area contributed by atoms with E-state index >= 15 is 0 Å². The summed E-state index contributed by atoms with van der Waals surface area (Å²) >= 11 is 0. The van der Waals surface area contributed by atoms with E-state index < -0.39 is 0 Å². The van der Waals surface area contributed by atoms with Gasteiger partial charge in [0.2, 0.25) is 0 Å². The van der Waals surface area contributed by atoms with Crippen molar-refractivity contribution in [1.82, 2.24) is 0 Å². The number of hydrogen-bond donors (Lipinski definition) is 0. The van der Waals surface area contributed by atoms with Crippen LogP contribution in [0.15, 0.2) is 12.7 Å². The molecule has 0 aliphatic rings. The monoisotopic (exact) mass is 242 g/mol. The van der Waals surface area contributed by atoms with E-state index in [-0.39, 0.29) is 6.29 Å². The highest BCUT2D eigenvalue weighted by atomic mass is 16.7. The number of rotatable bonds is 13. The van der Waals surface area contributed by atoms with Gasteiger partial charge in [-0.15, -0.1) is 6.58 Å². The van der Waals surface area contributed by atoms with Gasteiger partial charge in [-0.05, 0) is 39.5 Å². The van der Waals surface area contributed by atoms with Crippen molar-refractivity contribution in [3.8, 4) is 0 Å². The summed E-state index contributed by atoms with van der Waals surface area (Å²) < 4.78 is 11.0. The van der Waals surface area contributed by atoms with E-state index in [1.807, 2.05) is 19.9 Å². The number of hydrogen-bond acceptors (Lipinski definition) is 2. The number of unbranched alkanes of at least 4 members (excludes halogenated alkanes) is 6. The van der Waals surface area contributed by atoms with Crippen LogP contribution in [0.25, 0.3) is 0 Å². The van der Waals surface area contributed by atoms with Crippen LogP contribution in [0.1, 0.15) is 65.2 Å². The fourth-order valence-corrected chi connectivity index (χ4v) is 1.89. The van der Waals surface area contributed by atoms with Crippen molar-refractivity contribution >= 4 is 0 Å². The molecule has 0 atom stereocenters. The lowest BCUT2D eigenvalue weighted by Gasteiger charge is -2.16. The van der Waals surface area contributed by atoms with Crippen LogP contribution in [0.3, 0.4) is 0 Å². The Morgan fingerprint density at radius 2 is 1.41 bits per heavy atom. The second-order valence-corrected chi connectivity index (χ2v) is 4.33. The summed E-state index contributed by atoms with van der Waals surface area (Å²) in [5.41, 5.74) is 0. The molecule has 0 aromatic carbocycles. The quantitative estimate of drug-likeness (QED) is 0.265. The first kappa shape index (κ1) is 16.7. The fraction of sp³-hybridized carbons (Fsp3) is 0.867. The molecule has 0 aliphatic heterocycles. The Morgan fingerprint density at radius 1 is 0.882 bits per heavy atom. The normalized spacial score (nSPS) is 11.0. The smallest absolute Gasteiger partial charge is 0.157 e. The van der Waals surface area contributed by atoms with Crippen molar-refractivity contribution in [2.24, 2.45) is 0 Å². The Balaban J connectivity index is 3.26. The van der Waals surface area contributed by atoms with E-state index in [0.29, 0.717) is 0 Å². The average Bonchev–Trinajstić information content (AvgIpc) is 2.33. The molecule has 0 radical (unpaired) electrons. The first-order valence-electron chi connectivity index (χ1n) is 7.19. The zero-order chi connectivity index (χ0) is 12.8. The number of ether oxygens (including phenoxy) is 2. The zero-order valence-corrected chi connectivity index (χ0v) is 11.7. The molecule has 2 heteroatoms. The first-order chi connectivity index (χ1) is 8.35. The minimum Gasteiger partial charge on any atom is -0.353 e. The minimum atomic E-state index is 0.0192. The maximum absolute atomic E-state index is 5.51. The van der Waals surface area contributed by atoms with Gasteiger partial charge in [-0.3, -0.25) is 0 Å². The van der Waals surface area contributed by atoms with Gasteiger partial charge in [0.1, 0.15) is 0 Å². The molecule has 0 heterocycles. The number of allylic oxidation sites excluding steroid dienone is 1. The Kier molecular flexibility index (Phi) is 13.4. The van der Waals surface area contributed by atoms with Gasteiger partial charge in [0.05, 0.1) is 0 Å². The fourth-order valence-electron chi connectivity index (χ4n) is 1.89. The summed E-state index contributed by atoms with van der Waals surface area (Å²) in [6.45, 7) is 9.26. The van der Waals surface area contributed by atoms with Crippen LogP contribution in [0.5, 0.6) is 0 Å². The topological polar surface area (TPSA) is 18.5 Å². The van der Waals surface area contributed by atoms with Crippen LogP contribution in [-0.4, -0.2) is 19.5 Å². The highest BCUT2D eigenvalue weighted by Gasteiger charge is 2.06. The lowest BCUT2D eigenvalue weighted by Crippen LogP contribution is -2.17. The van der Waals surface area contributed by atoms with E-state index in [1.165, 1.54) is 38.5 Å². The molecule has 0 unspecified atom stereocenters. The molecule has 0 saturated carbocycles. The average molecular weight is 242 g/mol. The standard InChI is InChI=1S/C15H30O2/c1-4-7-8-9-10-11-12-13-14-15(16-5-2)17-6-3/h4,15H,1,5-14H2,2-3H3. The SMILES string of the molecule is C=CCCCCCCCCC(OCC)OCC. The van der Waals surface area contributed by atoms with Crippen molar-refractivity contribution in [3.63, 3.8) is 0 Å². The summed E-state index contributed by atoms with van der Waals surface area (Å²) in [6.07, 6.45) is 12.1. The molecular formula is C15H30O2. The molecule has 17 heavy (non-hydrogen) atoms. The van der Waals surface area contributed by atoms with E-state index in [4.69, 9.17) is 9.47 Å². The Bertz CT molecular complexity index is 151. The predicted octanol–water partition coefficient (Wildman–Crippen LogP) is 4.69. The van der Waals surface area contributed by atoms with Crippen LogP contribution >= 0.6 is 0 Å². The zero-order valence-electron chi connectivity index (χ0n) is 11.7. The van der Waals surface area contributed by atoms with Gasteiger partial charge in [0.25, 0.3) is 0 Å². The maximum atomic E-state index is 5.51. The predicted molar refractivity (Wildman–Crippen MR) is 74.2 cm³/mol. The highest BCUT2D eigenvalue weighted by Crippen LogP contribution is 2.12. The second-order valence-electron chi connectivity index (χ2n) is 4.33. The molecule has 0 N–H and O–H groups in total. The minimum absolute atomic E-state index is 0.0192. The van der Waals surface area contributed by atoms with E-state index in [0.717, 1.165) is 26.1 Å². The summed E-state index contributed by atoms with van der Waals surface area (Å²) in [5.74, 6) is 0. The van der Waals surface area contributed by atoms with Gasteiger partial charge in [-0.1, -0.05) is 31.8 Å². The molecule has 0 aromatic heterocycles. The molecule has 2 nitrogen and oxygen atoms in total. The Hall–Kier alpha value is -0.340. The van der Waals surface area contributed by atoms with Gasteiger partial charge in [0.15, 0.2) is 6.29 Å². The molecule has 0 rings (SSSR count). The van der Waals surface area contributed by atoms with Crippen molar-refractivity contribution in [2.75, 3.05) is 13.2 Å². The summed E-state index contributed by atoms with van der Waals surface area (Å²) in [6, 6.07) is 0. The molecule has 0 amide bonds. The van der Waals surface area contributed by atoms with Crippen LogP contribution in [-0.2, 0) is 9.47 Å². The molecule has 102 valence electrons. The highest BCUT2D eigenvalue weighted by molar-refractivity contribution is 4.65. The largest absolute Gasteiger partial charge is 0.353 e. The third kappa shape index (κ3) is 11.9. The van der Waals surface area contributed by atoms with Crippen molar-refractivity contribution < 1.29 is 9.47 Å². The van der Waals surface area contributed by atoms with E-state index in [9.17, 15) is 0 Å². The van der Waals surface area contributed by atoms with Crippen molar-refractivity contribution in [2.45, 2.75) is 71.5 Å². The van der Waals surface area contributed by atoms with Crippen LogP contribution in [0.2, 0.25) is 0 Å². The van der Waals surface area contributed by atoms with Crippen molar-refractivity contribution in [1.29, 1.82) is 0 Å². The third-order valence-electron chi connectivity index (χ3n) is 2.80. The second kappa shape index (κ2) is 13.7. The molecule has 0 aliphatic carbocycles. The molecule has 0 spiro atoms. The van der Waals surface area contributed by atoms with Gasteiger partial charge >= 0.3 is 0 Å². The van der Waals surface area contributed by atoms with Crippen LogP contribution in [0.4, 0.5) is 0 Å². The van der Waals surface area contributed by atoms with E-state index in [2.05, 4.69) is 6.58 Å². The maximum Gasteiger partial charge on any atom is 0.157 e. The van der Waals surface area contributed by atoms with Gasteiger partial charge in [-0.25, -0.2) is 0 Å². The van der Waals surface area contributed by atoms with E-state index in [1.54, 1.807) is 0 Å². The van der Waals surface area contributed by atoms with Crippen LogP contribution in [0, 0.1) is 0 Å². The van der Waals surface area contributed by atoms with Gasteiger partial charge in [0, 0.05) is 13.2 Å². The molecule has 0 saturated heterocycles. The summed E-state index contributed by atoms with van der Waals surface area (Å²) in [7, 11) is 0. The third-order valence-corrected chi connectivity index (χ3v) is 2.80. The van der Waals surface area contributed by atoms with Gasteiger partial charge in [-0.2, -0.15) is 0 Å². The molecule has 0 bridgehead atoms. The lowest BCUT2D eigenvalue weighted by atomic mass is 10.1. The Morgan fingerprint density at radius 3 is 1.94 bits per heavy atom. The molecule has 0 aromatic rings. The summed E-state index contributed by atoms with van der Waals surface area (Å²) in [5, 5.41) is 0. The Labute approximate surface area is 107 Å². The molecule has 0 fully saturated rings. The molecular weight excluding hydrogens is 212 g/mol. The lowest BCUT2D eigenvalue weighted by molar-refractivity contribution is -0.140.